The minimum atomic E-state index is 0.482. The molecule has 17 heavy (non-hydrogen) atoms. The standard InChI is InChI=1S/C14H22ClNO/c1-3-9-16-14(8-10-17-2)11-12-4-6-13(15)7-5-12/h4-7,14,16H,3,8-11H2,1-2H3. The number of hydrogen-bond donors (Lipinski definition) is 1. The molecule has 0 fully saturated rings. The Labute approximate surface area is 109 Å². The van der Waals surface area contributed by atoms with Crippen LogP contribution >= 0.6 is 11.6 Å². The Morgan fingerprint density at radius 3 is 2.59 bits per heavy atom. The zero-order valence-corrected chi connectivity index (χ0v) is 11.5. The van der Waals surface area contributed by atoms with E-state index in [1.165, 1.54) is 5.56 Å². The fraction of sp³-hybridized carbons (Fsp3) is 0.571. The van der Waals surface area contributed by atoms with E-state index < -0.39 is 0 Å². The van der Waals surface area contributed by atoms with Gasteiger partial charge in [-0.3, -0.25) is 0 Å². The molecule has 1 atom stereocenters. The van der Waals surface area contributed by atoms with E-state index in [2.05, 4.69) is 24.4 Å². The SMILES string of the molecule is CCCNC(CCOC)Cc1ccc(Cl)cc1. The predicted octanol–water partition coefficient (Wildman–Crippen LogP) is 3.29. The summed E-state index contributed by atoms with van der Waals surface area (Å²) in [7, 11) is 1.75. The number of ether oxygens (including phenoxy) is 1. The topological polar surface area (TPSA) is 21.3 Å². The monoisotopic (exact) mass is 255 g/mol. The number of hydrogen-bond acceptors (Lipinski definition) is 2. The van der Waals surface area contributed by atoms with E-state index in [-0.39, 0.29) is 0 Å². The van der Waals surface area contributed by atoms with Gasteiger partial charge in [-0.05, 0) is 43.5 Å². The van der Waals surface area contributed by atoms with Gasteiger partial charge in [0, 0.05) is 24.8 Å². The number of benzene rings is 1. The van der Waals surface area contributed by atoms with Crippen LogP contribution in [0.1, 0.15) is 25.3 Å². The highest BCUT2D eigenvalue weighted by Gasteiger charge is 2.08. The summed E-state index contributed by atoms with van der Waals surface area (Å²) in [6, 6.07) is 8.57. The Bertz CT molecular complexity index is 292. The molecule has 0 spiro atoms. The molecule has 0 aliphatic carbocycles. The van der Waals surface area contributed by atoms with Crippen molar-refractivity contribution in [2.75, 3.05) is 20.3 Å². The van der Waals surface area contributed by atoms with Crippen LogP contribution in [-0.4, -0.2) is 26.3 Å². The lowest BCUT2D eigenvalue weighted by atomic mass is 10.0. The first kappa shape index (κ1) is 14.5. The minimum Gasteiger partial charge on any atom is -0.385 e. The van der Waals surface area contributed by atoms with E-state index in [0.717, 1.165) is 37.4 Å². The Morgan fingerprint density at radius 2 is 2.00 bits per heavy atom. The maximum atomic E-state index is 5.88. The van der Waals surface area contributed by atoms with Gasteiger partial charge in [-0.15, -0.1) is 0 Å². The number of halogens is 1. The van der Waals surface area contributed by atoms with Crippen LogP contribution in [-0.2, 0) is 11.2 Å². The third kappa shape index (κ3) is 6.06. The molecule has 0 aliphatic rings. The molecule has 0 saturated carbocycles. The van der Waals surface area contributed by atoms with Gasteiger partial charge in [0.05, 0.1) is 0 Å². The third-order valence-electron chi connectivity index (χ3n) is 2.75. The van der Waals surface area contributed by atoms with Gasteiger partial charge in [-0.1, -0.05) is 30.7 Å². The Morgan fingerprint density at radius 1 is 1.29 bits per heavy atom. The second-order valence-electron chi connectivity index (χ2n) is 4.26. The minimum absolute atomic E-state index is 0.482. The van der Waals surface area contributed by atoms with Crippen molar-refractivity contribution < 1.29 is 4.74 Å². The third-order valence-corrected chi connectivity index (χ3v) is 3.00. The molecule has 0 radical (unpaired) electrons. The van der Waals surface area contributed by atoms with Crippen LogP contribution in [0.4, 0.5) is 0 Å². The van der Waals surface area contributed by atoms with E-state index in [0.29, 0.717) is 6.04 Å². The molecular formula is C14H22ClNO. The molecule has 0 bridgehead atoms. The maximum absolute atomic E-state index is 5.88. The van der Waals surface area contributed by atoms with Gasteiger partial charge >= 0.3 is 0 Å². The zero-order chi connectivity index (χ0) is 12.5. The number of nitrogens with one attached hydrogen (secondary N) is 1. The maximum Gasteiger partial charge on any atom is 0.0477 e. The molecule has 1 N–H and O–H groups in total. The summed E-state index contributed by atoms with van der Waals surface area (Å²) >= 11 is 5.88. The molecule has 96 valence electrons. The summed E-state index contributed by atoms with van der Waals surface area (Å²) in [6.45, 7) is 4.04. The Balaban J connectivity index is 2.48. The second kappa shape index (κ2) is 8.51. The van der Waals surface area contributed by atoms with Crippen molar-refractivity contribution in [1.29, 1.82) is 0 Å². The fourth-order valence-electron chi connectivity index (χ4n) is 1.79. The predicted molar refractivity (Wildman–Crippen MR) is 73.7 cm³/mol. The normalized spacial score (nSPS) is 12.6. The molecular weight excluding hydrogens is 234 g/mol. The van der Waals surface area contributed by atoms with Gasteiger partial charge in [-0.25, -0.2) is 0 Å². The molecule has 0 aromatic heterocycles. The van der Waals surface area contributed by atoms with Crippen molar-refractivity contribution >= 4 is 11.6 Å². The van der Waals surface area contributed by atoms with Crippen LogP contribution in [0.15, 0.2) is 24.3 Å². The number of methoxy groups -OCH3 is 1. The lowest BCUT2D eigenvalue weighted by Crippen LogP contribution is -2.32. The highest BCUT2D eigenvalue weighted by atomic mass is 35.5. The average molecular weight is 256 g/mol. The van der Waals surface area contributed by atoms with E-state index in [4.69, 9.17) is 16.3 Å². The molecule has 3 heteroatoms. The van der Waals surface area contributed by atoms with Crippen molar-refractivity contribution in [3.05, 3.63) is 34.9 Å². The lowest BCUT2D eigenvalue weighted by molar-refractivity contribution is 0.182. The van der Waals surface area contributed by atoms with E-state index in [9.17, 15) is 0 Å². The van der Waals surface area contributed by atoms with Crippen LogP contribution in [0.25, 0.3) is 0 Å². The van der Waals surface area contributed by atoms with Gasteiger partial charge in [0.15, 0.2) is 0 Å². The summed E-state index contributed by atoms with van der Waals surface area (Å²) < 4.78 is 5.15. The zero-order valence-electron chi connectivity index (χ0n) is 10.7. The van der Waals surface area contributed by atoms with E-state index in [1.807, 2.05) is 12.1 Å². The molecule has 1 aromatic carbocycles. The van der Waals surface area contributed by atoms with Gasteiger partial charge < -0.3 is 10.1 Å². The van der Waals surface area contributed by atoms with Crippen LogP contribution in [0.2, 0.25) is 5.02 Å². The smallest absolute Gasteiger partial charge is 0.0477 e. The Hall–Kier alpha value is -0.570. The largest absolute Gasteiger partial charge is 0.385 e. The Kier molecular flexibility index (Phi) is 7.25. The molecule has 0 amide bonds. The molecule has 1 unspecified atom stereocenters. The first-order valence-electron chi connectivity index (χ1n) is 6.23. The number of rotatable bonds is 8. The van der Waals surface area contributed by atoms with Gasteiger partial charge in [0.25, 0.3) is 0 Å². The van der Waals surface area contributed by atoms with Crippen molar-refractivity contribution in [2.45, 2.75) is 32.2 Å². The van der Waals surface area contributed by atoms with Crippen LogP contribution in [0.5, 0.6) is 0 Å². The summed E-state index contributed by atoms with van der Waals surface area (Å²) in [5, 5.41) is 4.35. The summed E-state index contributed by atoms with van der Waals surface area (Å²) in [5.41, 5.74) is 1.32. The first-order valence-corrected chi connectivity index (χ1v) is 6.60. The molecule has 0 heterocycles. The lowest BCUT2D eigenvalue weighted by Gasteiger charge is -2.18. The summed E-state index contributed by atoms with van der Waals surface area (Å²) in [4.78, 5) is 0. The van der Waals surface area contributed by atoms with Crippen molar-refractivity contribution in [3.63, 3.8) is 0 Å². The molecule has 0 saturated heterocycles. The molecule has 0 aliphatic heterocycles. The van der Waals surface area contributed by atoms with Crippen LogP contribution in [0, 0.1) is 0 Å². The quantitative estimate of drug-likeness (QED) is 0.770. The fourth-order valence-corrected chi connectivity index (χ4v) is 1.92. The van der Waals surface area contributed by atoms with Crippen molar-refractivity contribution in [3.8, 4) is 0 Å². The van der Waals surface area contributed by atoms with Gasteiger partial charge in [0.1, 0.15) is 0 Å². The second-order valence-corrected chi connectivity index (χ2v) is 4.70. The molecule has 2 nitrogen and oxygen atoms in total. The van der Waals surface area contributed by atoms with Gasteiger partial charge in [0.2, 0.25) is 0 Å². The highest BCUT2D eigenvalue weighted by molar-refractivity contribution is 6.30. The highest BCUT2D eigenvalue weighted by Crippen LogP contribution is 2.12. The van der Waals surface area contributed by atoms with E-state index in [1.54, 1.807) is 7.11 Å². The summed E-state index contributed by atoms with van der Waals surface area (Å²) in [6.07, 6.45) is 3.23. The van der Waals surface area contributed by atoms with Crippen LogP contribution in [0.3, 0.4) is 0 Å². The van der Waals surface area contributed by atoms with E-state index >= 15 is 0 Å². The molecule has 1 aromatic rings. The van der Waals surface area contributed by atoms with Gasteiger partial charge in [-0.2, -0.15) is 0 Å². The molecule has 1 rings (SSSR count). The average Bonchev–Trinajstić information content (AvgIpc) is 2.35. The van der Waals surface area contributed by atoms with Crippen molar-refractivity contribution in [1.82, 2.24) is 5.32 Å². The van der Waals surface area contributed by atoms with Crippen molar-refractivity contribution in [2.24, 2.45) is 0 Å². The first-order chi connectivity index (χ1) is 8.26. The van der Waals surface area contributed by atoms with Crippen LogP contribution < -0.4 is 5.32 Å². The summed E-state index contributed by atoms with van der Waals surface area (Å²) in [5.74, 6) is 0.